The van der Waals surface area contributed by atoms with Crippen molar-refractivity contribution >= 4 is 22.6 Å². The minimum absolute atomic E-state index is 0.0450. The summed E-state index contributed by atoms with van der Waals surface area (Å²) in [5.74, 6) is 0.151. The molecule has 0 saturated carbocycles. The predicted molar refractivity (Wildman–Crippen MR) is 70.6 cm³/mol. The fraction of sp³-hybridized carbons (Fsp3) is 0.167. The molecule has 0 fully saturated rings. The van der Waals surface area contributed by atoms with Crippen molar-refractivity contribution < 1.29 is 9.53 Å². The van der Waals surface area contributed by atoms with Gasteiger partial charge in [0.1, 0.15) is 6.54 Å². The van der Waals surface area contributed by atoms with Gasteiger partial charge in [0.05, 0.1) is 18.7 Å². The maximum absolute atomic E-state index is 11.0. The zero-order valence-corrected chi connectivity index (χ0v) is 10.9. The lowest BCUT2D eigenvalue weighted by molar-refractivity contribution is -0.138. The molecule has 0 atom stereocenters. The van der Waals surface area contributed by atoms with Crippen molar-refractivity contribution in [2.45, 2.75) is 0 Å². The van der Waals surface area contributed by atoms with Crippen molar-refractivity contribution in [3.63, 3.8) is 0 Å². The van der Waals surface area contributed by atoms with Gasteiger partial charge in [-0.25, -0.2) is 0 Å². The summed E-state index contributed by atoms with van der Waals surface area (Å²) < 4.78 is 8.68. The van der Waals surface area contributed by atoms with Crippen LogP contribution in [-0.2, 0) is 9.53 Å². The van der Waals surface area contributed by atoms with E-state index in [2.05, 4.69) is 25.5 Å². The van der Waals surface area contributed by atoms with E-state index in [0.29, 0.717) is 16.5 Å². The standard InChI is InChI=1S/C12H10N4O2S/c1-18-10(17)7-14-12-15-11(16-19-12)9-4-2-3-8(5-9)6-13/h2-5H,7H2,1H3,(H,14,15,16). The molecule has 0 bridgehead atoms. The minimum atomic E-state index is -0.372. The molecule has 1 aromatic carbocycles. The molecule has 7 heteroatoms. The summed E-state index contributed by atoms with van der Waals surface area (Å²) in [7, 11) is 1.32. The molecule has 6 nitrogen and oxygen atoms in total. The highest BCUT2D eigenvalue weighted by Gasteiger charge is 2.08. The van der Waals surface area contributed by atoms with E-state index in [1.807, 2.05) is 6.07 Å². The maximum Gasteiger partial charge on any atom is 0.325 e. The van der Waals surface area contributed by atoms with Crippen LogP contribution in [-0.4, -0.2) is 29.0 Å². The molecule has 2 aromatic rings. The summed E-state index contributed by atoms with van der Waals surface area (Å²) in [6, 6.07) is 9.09. The SMILES string of the molecule is COC(=O)CNc1nc(-c2cccc(C#N)c2)ns1. The number of rotatable bonds is 4. The van der Waals surface area contributed by atoms with E-state index >= 15 is 0 Å². The monoisotopic (exact) mass is 274 g/mol. The smallest absolute Gasteiger partial charge is 0.325 e. The molecule has 0 radical (unpaired) electrons. The van der Waals surface area contributed by atoms with Crippen LogP contribution in [0.5, 0.6) is 0 Å². The normalized spacial score (nSPS) is 9.68. The van der Waals surface area contributed by atoms with E-state index in [4.69, 9.17) is 5.26 Å². The number of aromatic nitrogens is 2. The lowest BCUT2D eigenvalue weighted by Gasteiger charge is -1.99. The predicted octanol–water partition coefficient (Wildman–Crippen LogP) is 1.66. The molecule has 0 spiro atoms. The van der Waals surface area contributed by atoms with E-state index in [1.54, 1.807) is 18.2 Å². The molecule has 0 amide bonds. The summed E-state index contributed by atoms with van der Waals surface area (Å²) in [6.07, 6.45) is 0. The van der Waals surface area contributed by atoms with Gasteiger partial charge in [-0.05, 0) is 12.1 Å². The third-order valence-corrected chi connectivity index (χ3v) is 2.96. The average molecular weight is 274 g/mol. The van der Waals surface area contributed by atoms with Gasteiger partial charge < -0.3 is 10.1 Å². The Bertz CT molecular complexity index is 633. The largest absolute Gasteiger partial charge is 0.468 e. The zero-order chi connectivity index (χ0) is 13.7. The van der Waals surface area contributed by atoms with Crippen LogP contribution >= 0.6 is 11.5 Å². The van der Waals surface area contributed by atoms with Crippen LogP contribution in [0.2, 0.25) is 0 Å². The highest BCUT2D eigenvalue weighted by Crippen LogP contribution is 2.21. The Kier molecular flexibility index (Phi) is 4.05. The number of hydrogen-bond donors (Lipinski definition) is 1. The second kappa shape index (κ2) is 5.93. The molecule has 0 aliphatic heterocycles. The second-order valence-corrected chi connectivity index (χ2v) is 4.30. The molecule has 1 N–H and O–H groups in total. The number of benzene rings is 1. The van der Waals surface area contributed by atoms with Gasteiger partial charge in [0.25, 0.3) is 0 Å². The lowest BCUT2D eigenvalue weighted by Crippen LogP contribution is -2.14. The number of nitrogens with one attached hydrogen (secondary N) is 1. The van der Waals surface area contributed by atoms with Crippen LogP contribution in [0, 0.1) is 11.3 Å². The van der Waals surface area contributed by atoms with Gasteiger partial charge in [0, 0.05) is 17.1 Å². The zero-order valence-electron chi connectivity index (χ0n) is 10.1. The van der Waals surface area contributed by atoms with Crippen LogP contribution in [0.4, 0.5) is 5.13 Å². The van der Waals surface area contributed by atoms with Crippen LogP contribution < -0.4 is 5.32 Å². The van der Waals surface area contributed by atoms with E-state index in [-0.39, 0.29) is 12.5 Å². The summed E-state index contributed by atoms with van der Waals surface area (Å²) in [5, 5.41) is 12.2. The molecule has 19 heavy (non-hydrogen) atoms. The number of anilines is 1. The summed E-state index contributed by atoms with van der Waals surface area (Å²) in [6.45, 7) is 0.0450. The molecule has 0 unspecified atom stereocenters. The van der Waals surface area contributed by atoms with E-state index in [1.165, 1.54) is 7.11 Å². The number of hydrogen-bond acceptors (Lipinski definition) is 7. The van der Waals surface area contributed by atoms with E-state index < -0.39 is 0 Å². The highest BCUT2D eigenvalue weighted by molar-refractivity contribution is 7.09. The third kappa shape index (κ3) is 3.26. The van der Waals surface area contributed by atoms with Crippen LogP contribution in [0.15, 0.2) is 24.3 Å². The number of nitrogens with zero attached hydrogens (tertiary/aromatic N) is 3. The van der Waals surface area contributed by atoms with Gasteiger partial charge in [0.2, 0.25) is 5.13 Å². The number of carbonyl (C=O) groups is 1. The molecule has 1 heterocycles. The molecule has 0 aliphatic rings. The number of methoxy groups -OCH3 is 1. The van der Waals surface area contributed by atoms with Crippen molar-refractivity contribution in [2.75, 3.05) is 19.0 Å². The van der Waals surface area contributed by atoms with Gasteiger partial charge in [0.15, 0.2) is 5.82 Å². The first-order valence-corrected chi connectivity index (χ1v) is 6.15. The Morgan fingerprint density at radius 1 is 1.58 bits per heavy atom. The van der Waals surface area contributed by atoms with Crippen molar-refractivity contribution in [1.82, 2.24) is 9.36 Å². The Morgan fingerprint density at radius 2 is 2.42 bits per heavy atom. The Morgan fingerprint density at radius 3 is 3.16 bits per heavy atom. The number of carbonyl (C=O) groups excluding carboxylic acids is 1. The summed E-state index contributed by atoms with van der Waals surface area (Å²) >= 11 is 1.15. The van der Waals surface area contributed by atoms with Gasteiger partial charge >= 0.3 is 5.97 Å². The fourth-order valence-electron chi connectivity index (χ4n) is 1.36. The van der Waals surface area contributed by atoms with Gasteiger partial charge in [-0.2, -0.15) is 14.6 Å². The van der Waals surface area contributed by atoms with E-state index in [9.17, 15) is 4.79 Å². The minimum Gasteiger partial charge on any atom is -0.468 e. The van der Waals surface area contributed by atoms with E-state index in [0.717, 1.165) is 17.1 Å². The number of ether oxygens (including phenoxy) is 1. The topological polar surface area (TPSA) is 87.9 Å². The first-order chi connectivity index (χ1) is 9.22. The average Bonchev–Trinajstić information content (AvgIpc) is 2.93. The van der Waals surface area contributed by atoms with Crippen molar-refractivity contribution in [2.24, 2.45) is 0 Å². The van der Waals surface area contributed by atoms with Crippen molar-refractivity contribution in [3.8, 4) is 17.5 Å². The summed E-state index contributed by atoms with van der Waals surface area (Å²) in [4.78, 5) is 15.2. The third-order valence-electron chi connectivity index (χ3n) is 2.29. The van der Waals surface area contributed by atoms with Crippen molar-refractivity contribution in [3.05, 3.63) is 29.8 Å². The first-order valence-electron chi connectivity index (χ1n) is 5.38. The number of esters is 1. The molecule has 2 rings (SSSR count). The fourth-order valence-corrected chi connectivity index (χ4v) is 1.94. The van der Waals surface area contributed by atoms with Gasteiger partial charge in [-0.3, -0.25) is 4.79 Å². The Hall–Kier alpha value is -2.46. The Labute approximate surface area is 113 Å². The van der Waals surface area contributed by atoms with Crippen LogP contribution in [0.1, 0.15) is 5.56 Å². The van der Waals surface area contributed by atoms with Crippen LogP contribution in [0.25, 0.3) is 11.4 Å². The molecule has 1 aromatic heterocycles. The molecule has 96 valence electrons. The summed E-state index contributed by atoms with van der Waals surface area (Å²) in [5.41, 5.74) is 1.32. The lowest BCUT2D eigenvalue weighted by atomic mass is 10.1. The maximum atomic E-state index is 11.0. The van der Waals surface area contributed by atoms with Gasteiger partial charge in [-0.15, -0.1) is 0 Å². The quantitative estimate of drug-likeness (QED) is 0.853. The molecule has 0 saturated heterocycles. The molecule has 0 aliphatic carbocycles. The second-order valence-electron chi connectivity index (χ2n) is 3.55. The van der Waals surface area contributed by atoms with Crippen molar-refractivity contribution in [1.29, 1.82) is 5.26 Å². The molecular weight excluding hydrogens is 264 g/mol. The van der Waals surface area contributed by atoms with Crippen LogP contribution in [0.3, 0.4) is 0 Å². The number of nitriles is 1. The first kappa shape index (κ1) is 13.0. The molecular formula is C12H10N4O2S. The highest BCUT2D eigenvalue weighted by atomic mass is 32.1. The Balaban J connectivity index is 2.12. The van der Waals surface area contributed by atoms with Gasteiger partial charge in [-0.1, -0.05) is 12.1 Å².